The molecule has 0 aliphatic heterocycles. The Morgan fingerprint density at radius 3 is 2.75 bits per heavy atom. The number of nitrogens with two attached hydrogens (primary N) is 2. The Kier molecular flexibility index (Phi) is 3.42. The molecule has 0 bridgehead atoms. The zero-order valence-electron chi connectivity index (χ0n) is 8.66. The summed E-state index contributed by atoms with van der Waals surface area (Å²) in [6.45, 7) is 0. The largest absolute Gasteiger partial charge is 0.401 e. The third-order valence-corrected chi connectivity index (χ3v) is 3.40. The zero-order valence-corrected chi connectivity index (χ0v) is 11.0. The Morgan fingerprint density at radius 2 is 2.19 bits per heavy atom. The molecule has 16 heavy (non-hydrogen) atoms. The summed E-state index contributed by atoms with van der Waals surface area (Å²) in [6.07, 6.45) is 4.10. The van der Waals surface area contributed by atoms with Gasteiger partial charge in [-0.1, -0.05) is 11.6 Å². The number of halogens is 2. The van der Waals surface area contributed by atoms with Gasteiger partial charge in [0.25, 0.3) is 0 Å². The summed E-state index contributed by atoms with van der Waals surface area (Å²) in [6, 6.07) is 5.45. The van der Waals surface area contributed by atoms with E-state index in [1.165, 1.54) is 5.01 Å². The molecule has 4 N–H and O–H groups in total. The molecule has 2 rings (SSSR count). The maximum absolute atomic E-state index is 5.92. The summed E-state index contributed by atoms with van der Waals surface area (Å²) in [5, 5.41) is 2.19. The molecule has 1 aliphatic rings. The van der Waals surface area contributed by atoms with Crippen LogP contribution in [0.4, 0.5) is 5.69 Å². The van der Waals surface area contributed by atoms with Gasteiger partial charge in [0.1, 0.15) is 0 Å². The lowest BCUT2D eigenvalue weighted by atomic mass is 10.3. The highest BCUT2D eigenvalue weighted by Gasteiger charge is 2.24. The van der Waals surface area contributed by atoms with Gasteiger partial charge >= 0.3 is 0 Å². The number of anilines is 1. The van der Waals surface area contributed by atoms with E-state index in [2.05, 4.69) is 15.9 Å². The Hall–Kier alpha value is -0.710. The number of hydrogen-bond donors (Lipinski definition) is 2. The van der Waals surface area contributed by atoms with E-state index in [-0.39, 0.29) is 0 Å². The average Bonchev–Trinajstić information content (AvgIpc) is 2.99. The van der Waals surface area contributed by atoms with Crippen LogP contribution in [-0.4, -0.2) is 0 Å². The van der Waals surface area contributed by atoms with Gasteiger partial charge in [0, 0.05) is 27.3 Å². The fourth-order valence-corrected chi connectivity index (χ4v) is 2.33. The van der Waals surface area contributed by atoms with Gasteiger partial charge in [0.15, 0.2) is 0 Å². The van der Waals surface area contributed by atoms with Crippen molar-refractivity contribution in [3.05, 3.63) is 39.6 Å². The fraction of sp³-hybridized carbons (Fsp3) is 0.273. The van der Waals surface area contributed by atoms with Crippen LogP contribution in [0.2, 0.25) is 5.02 Å². The maximum atomic E-state index is 5.92. The van der Waals surface area contributed by atoms with E-state index in [1.807, 2.05) is 6.07 Å². The van der Waals surface area contributed by atoms with Gasteiger partial charge in [0.05, 0.1) is 5.69 Å². The van der Waals surface area contributed by atoms with Crippen molar-refractivity contribution in [3.63, 3.8) is 0 Å². The van der Waals surface area contributed by atoms with Gasteiger partial charge in [-0.3, -0.25) is 5.01 Å². The molecular weight excluding hydrogens is 289 g/mol. The first kappa shape index (κ1) is 11.8. The van der Waals surface area contributed by atoms with Crippen LogP contribution in [-0.2, 0) is 0 Å². The molecule has 1 aliphatic carbocycles. The number of benzene rings is 1. The smallest absolute Gasteiger partial charge is 0.0712 e. The van der Waals surface area contributed by atoms with Crippen LogP contribution in [0, 0.1) is 5.92 Å². The first-order valence-corrected chi connectivity index (χ1v) is 6.21. The molecule has 1 aromatic rings. The quantitative estimate of drug-likeness (QED) is 0.666. The molecule has 1 fully saturated rings. The van der Waals surface area contributed by atoms with E-state index in [1.54, 1.807) is 18.3 Å². The molecule has 0 amide bonds. The minimum atomic E-state index is 0.511. The minimum Gasteiger partial charge on any atom is -0.401 e. The first-order chi connectivity index (χ1) is 7.58. The Morgan fingerprint density at radius 1 is 1.50 bits per heavy atom. The summed E-state index contributed by atoms with van der Waals surface area (Å²) < 4.78 is 0.849. The van der Waals surface area contributed by atoms with Crippen LogP contribution < -0.4 is 16.6 Å². The van der Waals surface area contributed by atoms with Crippen molar-refractivity contribution >= 4 is 33.2 Å². The molecule has 1 saturated carbocycles. The molecule has 0 aromatic heterocycles. The van der Waals surface area contributed by atoms with Crippen LogP contribution in [0.5, 0.6) is 0 Å². The Labute approximate surface area is 108 Å². The Bertz CT molecular complexity index is 429. The summed E-state index contributed by atoms with van der Waals surface area (Å²) in [5.41, 5.74) is 7.57. The van der Waals surface area contributed by atoms with E-state index in [0.717, 1.165) is 28.7 Å². The molecule has 0 saturated heterocycles. The summed E-state index contributed by atoms with van der Waals surface area (Å²) in [4.78, 5) is 0. The summed E-state index contributed by atoms with van der Waals surface area (Å²) >= 11 is 9.27. The van der Waals surface area contributed by atoms with Crippen LogP contribution >= 0.6 is 27.5 Å². The molecule has 0 atom stereocenters. The van der Waals surface area contributed by atoms with Crippen LogP contribution in [0.25, 0.3) is 0 Å². The van der Waals surface area contributed by atoms with E-state index in [0.29, 0.717) is 10.9 Å². The van der Waals surface area contributed by atoms with Crippen molar-refractivity contribution < 1.29 is 0 Å². The lowest BCUT2D eigenvalue weighted by Gasteiger charge is -2.16. The SMILES string of the molecule is N/C(=C\N(N)c1ccc(Cl)cc1Br)C1CC1. The monoisotopic (exact) mass is 301 g/mol. The molecular formula is C11H13BrClN3. The molecule has 0 spiro atoms. The van der Waals surface area contributed by atoms with E-state index >= 15 is 0 Å². The second-order valence-corrected chi connectivity index (χ2v) is 5.20. The summed E-state index contributed by atoms with van der Waals surface area (Å²) in [5.74, 6) is 6.43. The standard InChI is InChI=1S/C11H13BrClN3/c12-9-5-8(13)3-4-11(9)16(15)6-10(14)7-1-2-7/h3-7H,1-2,14-15H2/b10-6-. The van der Waals surface area contributed by atoms with Crippen molar-refractivity contribution in [1.29, 1.82) is 0 Å². The number of rotatable bonds is 3. The molecule has 0 heterocycles. The van der Waals surface area contributed by atoms with Gasteiger partial charge in [-0.05, 0) is 47.0 Å². The van der Waals surface area contributed by atoms with Crippen molar-refractivity contribution in [2.75, 3.05) is 5.01 Å². The van der Waals surface area contributed by atoms with Crippen molar-refractivity contribution in [1.82, 2.24) is 0 Å². The van der Waals surface area contributed by atoms with E-state index < -0.39 is 0 Å². The Balaban J connectivity index is 2.19. The zero-order chi connectivity index (χ0) is 11.7. The maximum Gasteiger partial charge on any atom is 0.0712 e. The van der Waals surface area contributed by atoms with Crippen molar-refractivity contribution in [2.24, 2.45) is 17.5 Å². The van der Waals surface area contributed by atoms with Crippen LogP contribution in [0.15, 0.2) is 34.6 Å². The van der Waals surface area contributed by atoms with Gasteiger partial charge in [0.2, 0.25) is 0 Å². The van der Waals surface area contributed by atoms with Gasteiger partial charge in [-0.25, -0.2) is 5.84 Å². The van der Waals surface area contributed by atoms with E-state index in [9.17, 15) is 0 Å². The normalized spacial score (nSPS) is 16.3. The predicted molar refractivity (Wildman–Crippen MR) is 70.8 cm³/mol. The molecule has 86 valence electrons. The highest BCUT2D eigenvalue weighted by atomic mass is 79.9. The number of allylic oxidation sites excluding steroid dienone is 1. The number of nitrogens with zero attached hydrogens (tertiary/aromatic N) is 1. The van der Waals surface area contributed by atoms with Crippen LogP contribution in [0.3, 0.4) is 0 Å². The number of hydrogen-bond acceptors (Lipinski definition) is 3. The third kappa shape index (κ3) is 2.70. The van der Waals surface area contributed by atoms with Crippen molar-refractivity contribution in [2.45, 2.75) is 12.8 Å². The van der Waals surface area contributed by atoms with Gasteiger partial charge in [-0.15, -0.1) is 0 Å². The molecule has 1 aromatic carbocycles. The average molecular weight is 303 g/mol. The highest BCUT2D eigenvalue weighted by Crippen LogP contribution is 2.34. The molecule has 3 nitrogen and oxygen atoms in total. The third-order valence-electron chi connectivity index (χ3n) is 2.52. The lowest BCUT2D eigenvalue weighted by Crippen LogP contribution is -2.26. The molecule has 5 heteroatoms. The number of hydrazine groups is 1. The first-order valence-electron chi connectivity index (χ1n) is 5.04. The second kappa shape index (κ2) is 4.65. The minimum absolute atomic E-state index is 0.511. The van der Waals surface area contributed by atoms with Gasteiger partial charge in [-0.2, -0.15) is 0 Å². The van der Waals surface area contributed by atoms with Gasteiger partial charge < -0.3 is 5.73 Å². The predicted octanol–water partition coefficient (Wildman–Crippen LogP) is 2.99. The fourth-order valence-electron chi connectivity index (χ4n) is 1.44. The lowest BCUT2D eigenvalue weighted by molar-refractivity contribution is 0.938. The highest BCUT2D eigenvalue weighted by molar-refractivity contribution is 9.10. The second-order valence-electron chi connectivity index (χ2n) is 3.91. The van der Waals surface area contributed by atoms with E-state index in [4.69, 9.17) is 23.2 Å². The van der Waals surface area contributed by atoms with Crippen molar-refractivity contribution in [3.8, 4) is 0 Å². The van der Waals surface area contributed by atoms with Crippen LogP contribution in [0.1, 0.15) is 12.8 Å². The molecule has 0 unspecified atom stereocenters. The summed E-state index contributed by atoms with van der Waals surface area (Å²) in [7, 11) is 0. The molecule has 0 radical (unpaired) electrons. The topological polar surface area (TPSA) is 55.3 Å².